The number of sulfonamides is 1. The second-order valence-corrected chi connectivity index (χ2v) is 9.93. The highest BCUT2D eigenvalue weighted by atomic mass is 32.2. The number of hydrogen-bond donors (Lipinski definition) is 2. The number of para-hydroxylation sites is 1. The van der Waals surface area contributed by atoms with Crippen LogP contribution in [0.15, 0.2) is 58.9 Å². The van der Waals surface area contributed by atoms with Crippen LogP contribution in [0.1, 0.15) is 20.8 Å². The number of amides is 1. The molecule has 3 rings (SSSR count). The van der Waals surface area contributed by atoms with Crippen LogP contribution in [0.5, 0.6) is 0 Å². The number of benzene rings is 2. The van der Waals surface area contributed by atoms with E-state index in [2.05, 4.69) is 20.2 Å². The third-order valence-corrected chi connectivity index (χ3v) is 6.37. The van der Waals surface area contributed by atoms with Crippen molar-refractivity contribution in [1.82, 2.24) is 10.2 Å². The van der Waals surface area contributed by atoms with Crippen molar-refractivity contribution in [2.24, 2.45) is 5.41 Å². The van der Waals surface area contributed by atoms with Gasteiger partial charge in [0.05, 0.1) is 5.69 Å². The van der Waals surface area contributed by atoms with Gasteiger partial charge >= 0.3 is 0 Å². The standard InChI is InChI=1S/C19H20N4O3S2/c1-19(2,3)16(24)20-17-21-22-18(27-17)28(25,26)23-15-12-8-7-11-14(15)13-9-5-4-6-10-13/h4-12,23H,1-3H3,(H,20,21,24). The quantitative estimate of drug-likeness (QED) is 0.613. The van der Waals surface area contributed by atoms with E-state index in [1.165, 1.54) is 0 Å². The van der Waals surface area contributed by atoms with Crippen LogP contribution < -0.4 is 10.0 Å². The summed E-state index contributed by atoms with van der Waals surface area (Å²) >= 11 is 0.801. The second kappa shape index (κ2) is 7.69. The van der Waals surface area contributed by atoms with Gasteiger partial charge < -0.3 is 5.32 Å². The molecule has 0 atom stereocenters. The molecule has 0 saturated heterocycles. The molecule has 2 N–H and O–H groups in total. The zero-order valence-corrected chi connectivity index (χ0v) is 17.3. The fourth-order valence-corrected chi connectivity index (χ4v) is 4.26. The van der Waals surface area contributed by atoms with Crippen LogP contribution >= 0.6 is 11.3 Å². The summed E-state index contributed by atoms with van der Waals surface area (Å²) < 4.78 is 27.9. The van der Waals surface area contributed by atoms with Crippen molar-refractivity contribution in [2.45, 2.75) is 25.1 Å². The molecule has 28 heavy (non-hydrogen) atoms. The van der Waals surface area contributed by atoms with E-state index in [1.54, 1.807) is 32.9 Å². The highest BCUT2D eigenvalue weighted by Crippen LogP contribution is 2.30. The maximum absolute atomic E-state index is 12.8. The molecule has 1 heterocycles. The smallest absolute Gasteiger partial charge is 0.291 e. The van der Waals surface area contributed by atoms with Crippen LogP contribution in [0.2, 0.25) is 0 Å². The molecule has 0 bridgehead atoms. The first-order valence-electron chi connectivity index (χ1n) is 8.49. The molecule has 0 aliphatic rings. The Morgan fingerprint density at radius 1 is 0.964 bits per heavy atom. The first-order chi connectivity index (χ1) is 13.2. The van der Waals surface area contributed by atoms with Crippen LogP contribution in [-0.2, 0) is 14.8 Å². The van der Waals surface area contributed by atoms with Gasteiger partial charge in [-0.05, 0) is 11.6 Å². The summed E-state index contributed by atoms with van der Waals surface area (Å²) in [6.45, 7) is 5.26. The fourth-order valence-electron chi connectivity index (χ4n) is 2.28. The molecule has 146 valence electrons. The Bertz CT molecular complexity index is 1090. The highest BCUT2D eigenvalue weighted by molar-refractivity contribution is 7.94. The third-order valence-electron chi connectivity index (χ3n) is 3.79. The van der Waals surface area contributed by atoms with E-state index < -0.39 is 15.4 Å². The molecule has 0 aliphatic carbocycles. The molecule has 0 unspecified atom stereocenters. The minimum atomic E-state index is -3.95. The summed E-state index contributed by atoms with van der Waals surface area (Å²) in [5.74, 6) is -0.269. The van der Waals surface area contributed by atoms with E-state index in [9.17, 15) is 13.2 Å². The minimum absolute atomic E-state index is 0.136. The molecule has 2 aromatic carbocycles. The van der Waals surface area contributed by atoms with Gasteiger partial charge in [0.2, 0.25) is 11.0 Å². The van der Waals surface area contributed by atoms with E-state index in [0.717, 1.165) is 22.5 Å². The Hall–Kier alpha value is -2.78. The molecule has 1 aromatic heterocycles. The molecule has 0 fully saturated rings. The van der Waals surface area contributed by atoms with Crippen LogP contribution in [0, 0.1) is 5.41 Å². The number of rotatable bonds is 5. The highest BCUT2D eigenvalue weighted by Gasteiger charge is 2.25. The number of nitrogens with zero attached hydrogens (tertiary/aromatic N) is 2. The molecule has 7 nitrogen and oxygen atoms in total. The lowest BCUT2D eigenvalue weighted by atomic mass is 9.96. The maximum Gasteiger partial charge on any atom is 0.291 e. The first kappa shape index (κ1) is 20.0. The monoisotopic (exact) mass is 416 g/mol. The van der Waals surface area contributed by atoms with Crippen LogP contribution in [0.4, 0.5) is 10.8 Å². The van der Waals surface area contributed by atoms with E-state index in [4.69, 9.17) is 0 Å². The van der Waals surface area contributed by atoms with E-state index in [0.29, 0.717) is 5.69 Å². The lowest BCUT2D eigenvalue weighted by Crippen LogP contribution is -2.27. The SMILES string of the molecule is CC(C)(C)C(=O)Nc1nnc(S(=O)(=O)Nc2ccccc2-c2ccccc2)s1. The fraction of sp³-hybridized carbons (Fsp3) is 0.211. The van der Waals surface area contributed by atoms with Gasteiger partial charge in [-0.15, -0.1) is 10.2 Å². The summed E-state index contributed by atoms with van der Waals surface area (Å²) in [6, 6.07) is 16.6. The van der Waals surface area contributed by atoms with Gasteiger partial charge in [-0.2, -0.15) is 8.42 Å². The Kier molecular flexibility index (Phi) is 5.48. The van der Waals surface area contributed by atoms with Crippen molar-refractivity contribution in [3.05, 3.63) is 54.6 Å². The zero-order chi connectivity index (χ0) is 20.4. The van der Waals surface area contributed by atoms with Gasteiger partial charge in [0.15, 0.2) is 0 Å². The van der Waals surface area contributed by atoms with Crippen molar-refractivity contribution < 1.29 is 13.2 Å². The predicted molar refractivity (Wildman–Crippen MR) is 111 cm³/mol. The van der Waals surface area contributed by atoms with Gasteiger partial charge in [-0.25, -0.2) is 0 Å². The Labute approximate surface area is 167 Å². The average Bonchev–Trinajstić information content (AvgIpc) is 3.11. The summed E-state index contributed by atoms with van der Waals surface area (Å²) in [5.41, 5.74) is 1.44. The van der Waals surface area contributed by atoms with E-state index >= 15 is 0 Å². The molecular formula is C19H20N4O3S2. The molecule has 0 aliphatic heterocycles. The summed E-state index contributed by atoms with van der Waals surface area (Å²) in [7, 11) is -3.95. The molecule has 0 saturated carbocycles. The normalized spacial score (nSPS) is 11.8. The number of carbonyl (C=O) groups is 1. The number of anilines is 2. The van der Waals surface area contributed by atoms with Crippen LogP contribution in [0.3, 0.4) is 0 Å². The third kappa shape index (κ3) is 4.55. The van der Waals surface area contributed by atoms with E-state index in [-0.39, 0.29) is 15.4 Å². The summed E-state index contributed by atoms with van der Waals surface area (Å²) in [5, 5.41) is 10.2. The topological polar surface area (TPSA) is 101 Å². The summed E-state index contributed by atoms with van der Waals surface area (Å²) in [6.07, 6.45) is 0. The molecule has 3 aromatic rings. The van der Waals surface area contributed by atoms with Crippen molar-refractivity contribution in [3.8, 4) is 11.1 Å². The maximum atomic E-state index is 12.8. The Morgan fingerprint density at radius 2 is 1.61 bits per heavy atom. The molecule has 1 amide bonds. The minimum Gasteiger partial charge on any atom is -0.300 e. The van der Waals surface area contributed by atoms with Crippen molar-refractivity contribution in [3.63, 3.8) is 0 Å². The van der Waals surface area contributed by atoms with Crippen molar-refractivity contribution in [2.75, 3.05) is 10.0 Å². The lowest BCUT2D eigenvalue weighted by Gasteiger charge is -2.15. The number of carbonyl (C=O) groups excluding carboxylic acids is 1. The predicted octanol–water partition coefficient (Wildman–Crippen LogP) is 3.99. The zero-order valence-electron chi connectivity index (χ0n) is 15.6. The van der Waals surface area contributed by atoms with Crippen LogP contribution in [0.25, 0.3) is 11.1 Å². The number of nitrogens with one attached hydrogen (secondary N) is 2. The van der Waals surface area contributed by atoms with E-state index in [1.807, 2.05) is 42.5 Å². The van der Waals surface area contributed by atoms with Gasteiger partial charge in [0.1, 0.15) is 0 Å². The second-order valence-electron chi connectivity index (χ2n) is 7.09. The summed E-state index contributed by atoms with van der Waals surface area (Å²) in [4.78, 5) is 12.0. The molecular weight excluding hydrogens is 396 g/mol. The number of aromatic nitrogens is 2. The largest absolute Gasteiger partial charge is 0.300 e. The number of hydrogen-bond acceptors (Lipinski definition) is 6. The van der Waals surface area contributed by atoms with Crippen LogP contribution in [-0.4, -0.2) is 24.5 Å². The molecule has 0 spiro atoms. The van der Waals surface area contributed by atoms with Gasteiger partial charge in [-0.1, -0.05) is 80.6 Å². The lowest BCUT2D eigenvalue weighted by molar-refractivity contribution is -0.123. The Morgan fingerprint density at radius 3 is 2.29 bits per heavy atom. The molecule has 0 radical (unpaired) electrons. The molecule has 9 heteroatoms. The van der Waals surface area contributed by atoms with Gasteiger partial charge in [0.25, 0.3) is 14.4 Å². The van der Waals surface area contributed by atoms with Crippen molar-refractivity contribution >= 4 is 38.1 Å². The first-order valence-corrected chi connectivity index (χ1v) is 10.8. The van der Waals surface area contributed by atoms with Gasteiger partial charge in [0, 0.05) is 11.0 Å². The average molecular weight is 417 g/mol. The Balaban J connectivity index is 1.85. The van der Waals surface area contributed by atoms with Crippen molar-refractivity contribution in [1.29, 1.82) is 0 Å². The van der Waals surface area contributed by atoms with Gasteiger partial charge in [-0.3, -0.25) is 9.52 Å².